The van der Waals surface area contributed by atoms with Crippen molar-refractivity contribution in [2.24, 2.45) is 5.73 Å². The Labute approximate surface area is 153 Å². The molecular formula is C17H20BrN3O2S. The summed E-state index contributed by atoms with van der Waals surface area (Å²) in [5.74, 6) is -0.148. The first kappa shape index (κ1) is 17.5. The predicted molar refractivity (Wildman–Crippen MR) is 98.1 cm³/mol. The third-order valence-corrected chi connectivity index (χ3v) is 5.79. The van der Waals surface area contributed by atoms with E-state index in [1.54, 1.807) is 0 Å². The van der Waals surface area contributed by atoms with Gasteiger partial charge in [-0.2, -0.15) is 0 Å². The number of amides is 1. The van der Waals surface area contributed by atoms with E-state index in [0.29, 0.717) is 25.5 Å². The molecule has 128 valence electrons. The van der Waals surface area contributed by atoms with Gasteiger partial charge in [0.15, 0.2) is 0 Å². The third kappa shape index (κ3) is 3.54. The summed E-state index contributed by atoms with van der Waals surface area (Å²) in [6, 6.07) is 8.08. The highest BCUT2D eigenvalue weighted by atomic mass is 79.9. The van der Waals surface area contributed by atoms with Crippen LogP contribution in [-0.4, -0.2) is 24.1 Å². The van der Waals surface area contributed by atoms with Gasteiger partial charge in [0, 0.05) is 29.1 Å². The van der Waals surface area contributed by atoms with Crippen LogP contribution < -0.4 is 11.1 Å². The molecule has 3 rings (SSSR count). The zero-order chi connectivity index (χ0) is 17.2. The molecule has 0 saturated carbocycles. The molecule has 0 spiro atoms. The van der Waals surface area contributed by atoms with E-state index in [1.165, 1.54) is 11.3 Å². The van der Waals surface area contributed by atoms with Gasteiger partial charge >= 0.3 is 0 Å². The number of rotatable bonds is 4. The highest BCUT2D eigenvalue weighted by Gasteiger charge is 2.37. The summed E-state index contributed by atoms with van der Waals surface area (Å²) in [6.45, 7) is 3.50. The maximum Gasteiger partial charge on any atom is 0.271 e. The van der Waals surface area contributed by atoms with Crippen LogP contribution in [-0.2, 0) is 16.8 Å². The number of halogens is 1. The van der Waals surface area contributed by atoms with Crippen LogP contribution in [0.2, 0.25) is 0 Å². The van der Waals surface area contributed by atoms with Gasteiger partial charge in [0.2, 0.25) is 0 Å². The third-order valence-electron chi connectivity index (χ3n) is 4.31. The average molecular weight is 410 g/mol. The molecular weight excluding hydrogens is 390 g/mol. The highest BCUT2D eigenvalue weighted by molar-refractivity contribution is 9.10. The Morgan fingerprint density at radius 1 is 1.46 bits per heavy atom. The van der Waals surface area contributed by atoms with Gasteiger partial charge in [-0.25, -0.2) is 4.98 Å². The molecule has 2 heterocycles. The van der Waals surface area contributed by atoms with Crippen molar-refractivity contribution in [1.82, 2.24) is 10.3 Å². The number of benzene rings is 1. The molecule has 7 heteroatoms. The van der Waals surface area contributed by atoms with Crippen LogP contribution in [0.4, 0.5) is 0 Å². The minimum absolute atomic E-state index is 0.148. The molecule has 1 aromatic carbocycles. The Balaban J connectivity index is 1.92. The number of carbonyl (C=O) groups excluding carboxylic acids is 1. The van der Waals surface area contributed by atoms with Crippen molar-refractivity contribution in [3.63, 3.8) is 0 Å². The first-order valence-corrected chi connectivity index (χ1v) is 9.48. The van der Waals surface area contributed by atoms with E-state index < -0.39 is 5.54 Å². The van der Waals surface area contributed by atoms with Crippen LogP contribution >= 0.6 is 27.3 Å². The maximum atomic E-state index is 12.9. The van der Waals surface area contributed by atoms with Gasteiger partial charge in [-0.3, -0.25) is 4.79 Å². The second kappa shape index (κ2) is 7.31. The summed E-state index contributed by atoms with van der Waals surface area (Å²) in [4.78, 5) is 18.1. The zero-order valence-corrected chi connectivity index (χ0v) is 15.9. The van der Waals surface area contributed by atoms with Crippen LogP contribution in [0.3, 0.4) is 0 Å². The van der Waals surface area contributed by atoms with Crippen LogP contribution in [0, 0.1) is 6.92 Å². The van der Waals surface area contributed by atoms with E-state index in [9.17, 15) is 4.79 Å². The van der Waals surface area contributed by atoms with E-state index in [2.05, 4.69) is 38.4 Å². The predicted octanol–water partition coefficient (Wildman–Crippen LogP) is 3.11. The molecule has 0 aliphatic carbocycles. The van der Waals surface area contributed by atoms with Crippen LogP contribution in [0.25, 0.3) is 0 Å². The minimum atomic E-state index is -0.432. The van der Waals surface area contributed by atoms with Gasteiger partial charge in [-0.1, -0.05) is 28.1 Å². The standard InChI is InChI=1S/C17H20BrN3O2S/c1-11-15(20-14(10-19)24-11)16(22)21-17(5-7-23-8-6-17)12-3-2-4-13(18)9-12/h2-4,9H,5-8,10,19H2,1H3,(H,21,22). The lowest BCUT2D eigenvalue weighted by atomic mass is 9.82. The Bertz CT molecular complexity index is 741. The van der Waals surface area contributed by atoms with E-state index in [1.807, 2.05) is 19.1 Å². The fourth-order valence-corrected chi connectivity index (χ4v) is 4.23. The van der Waals surface area contributed by atoms with Gasteiger partial charge in [0.25, 0.3) is 5.91 Å². The number of aryl methyl sites for hydroxylation is 1. The fraction of sp³-hybridized carbons (Fsp3) is 0.412. The van der Waals surface area contributed by atoms with Gasteiger partial charge in [-0.15, -0.1) is 11.3 Å². The molecule has 2 aromatic rings. The highest BCUT2D eigenvalue weighted by Crippen LogP contribution is 2.34. The second-order valence-electron chi connectivity index (χ2n) is 5.88. The van der Waals surface area contributed by atoms with E-state index in [0.717, 1.165) is 32.8 Å². The lowest BCUT2D eigenvalue weighted by molar-refractivity contribution is 0.0344. The molecule has 1 aliphatic heterocycles. The lowest BCUT2D eigenvalue weighted by Gasteiger charge is -2.38. The summed E-state index contributed by atoms with van der Waals surface area (Å²) in [7, 11) is 0. The SMILES string of the molecule is Cc1sc(CN)nc1C(=O)NC1(c2cccc(Br)c2)CCOCC1. The molecule has 1 aliphatic rings. The molecule has 1 aromatic heterocycles. The Kier molecular flexibility index (Phi) is 5.34. The molecule has 0 radical (unpaired) electrons. The number of nitrogens with zero attached hydrogens (tertiary/aromatic N) is 1. The van der Waals surface area contributed by atoms with E-state index >= 15 is 0 Å². The van der Waals surface area contributed by atoms with Gasteiger partial charge < -0.3 is 15.8 Å². The molecule has 0 unspecified atom stereocenters. The first-order chi connectivity index (χ1) is 11.5. The number of carbonyl (C=O) groups is 1. The number of nitrogens with two attached hydrogens (primary N) is 1. The largest absolute Gasteiger partial charge is 0.381 e. The summed E-state index contributed by atoms with van der Waals surface area (Å²) < 4.78 is 6.51. The van der Waals surface area contributed by atoms with E-state index in [4.69, 9.17) is 10.5 Å². The molecule has 0 atom stereocenters. The number of hydrogen-bond donors (Lipinski definition) is 2. The average Bonchev–Trinajstić information content (AvgIpc) is 2.97. The summed E-state index contributed by atoms with van der Waals surface area (Å²) >= 11 is 4.99. The monoisotopic (exact) mass is 409 g/mol. The van der Waals surface area contributed by atoms with Gasteiger partial charge in [0.1, 0.15) is 10.7 Å². The smallest absolute Gasteiger partial charge is 0.271 e. The lowest BCUT2D eigenvalue weighted by Crippen LogP contribution is -2.49. The number of aromatic nitrogens is 1. The van der Waals surface area contributed by atoms with E-state index in [-0.39, 0.29) is 5.91 Å². The molecule has 1 fully saturated rings. The normalized spacial score (nSPS) is 16.8. The van der Waals surface area contributed by atoms with Gasteiger partial charge in [-0.05, 0) is 37.5 Å². The Hall–Kier alpha value is -1.28. The minimum Gasteiger partial charge on any atom is -0.381 e. The number of hydrogen-bond acceptors (Lipinski definition) is 5. The van der Waals surface area contributed by atoms with Crippen molar-refractivity contribution < 1.29 is 9.53 Å². The molecule has 3 N–H and O–H groups in total. The number of thiazole rings is 1. The summed E-state index contributed by atoms with van der Waals surface area (Å²) in [6.07, 6.45) is 1.48. The van der Waals surface area contributed by atoms with Crippen molar-refractivity contribution in [3.05, 3.63) is 49.9 Å². The Morgan fingerprint density at radius 2 is 2.21 bits per heavy atom. The topological polar surface area (TPSA) is 77.2 Å². The molecule has 1 saturated heterocycles. The second-order valence-corrected chi connectivity index (χ2v) is 8.08. The molecule has 0 bridgehead atoms. The van der Waals surface area contributed by atoms with Crippen molar-refractivity contribution in [1.29, 1.82) is 0 Å². The summed E-state index contributed by atoms with van der Waals surface area (Å²) in [5.41, 5.74) is 6.77. The van der Waals surface area contributed by atoms with Crippen LogP contribution in [0.5, 0.6) is 0 Å². The van der Waals surface area contributed by atoms with Crippen molar-refractivity contribution in [2.45, 2.75) is 31.8 Å². The Morgan fingerprint density at radius 3 is 2.83 bits per heavy atom. The zero-order valence-electron chi connectivity index (χ0n) is 13.5. The van der Waals surface area contributed by atoms with Crippen LogP contribution in [0.1, 0.15) is 38.8 Å². The van der Waals surface area contributed by atoms with Crippen molar-refractivity contribution in [3.8, 4) is 0 Å². The quantitative estimate of drug-likeness (QED) is 0.812. The maximum absolute atomic E-state index is 12.9. The molecule has 5 nitrogen and oxygen atoms in total. The van der Waals surface area contributed by atoms with Crippen molar-refractivity contribution in [2.75, 3.05) is 13.2 Å². The van der Waals surface area contributed by atoms with Gasteiger partial charge in [0.05, 0.1) is 5.54 Å². The summed E-state index contributed by atoms with van der Waals surface area (Å²) in [5, 5.41) is 4.01. The molecule has 24 heavy (non-hydrogen) atoms. The van der Waals surface area contributed by atoms with Crippen molar-refractivity contribution >= 4 is 33.2 Å². The van der Waals surface area contributed by atoms with Crippen LogP contribution in [0.15, 0.2) is 28.7 Å². The first-order valence-electron chi connectivity index (χ1n) is 7.87. The fourth-order valence-electron chi connectivity index (χ4n) is 3.02. The molecule has 1 amide bonds. The number of nitrogens with one attached hydrogen (secondary N) is 1. The number of ether oxygens (including phenoxy) is 1.